The van der Waals surface area contributed by atoms with E-state index in [1.54, 1.807) is 24.3 Å². The van der Waals surface area contributed by atoms with E-state index in [4.69, 9.17) is 9.15 Å². The first-order valence-corrected chi connectivity index (χ1v) is 9.93. The average Bonchev–Trinajstić information content (AvgIpc) is 3.16. The van der Waals surface area contributed by atoms with E-state index < -0.39 is 5.97 Å². The number of nitrogens with one attached hydrogen (secondary N) is 1. The standard InChI is InChI=1S/C21H21N3O4S/c1-13-8-9-15(10-14(13)2)11-19-23-24-21(28-19)29-12-18(25)22-17-7-5-4-6-16(17)20(26)27-3/h4-10H,11-12H2,1-3H3,(H,22,25). The topological polar surface area (TPSA) is 94.3 Å². The normalized spacial score (nSPS) is 10.6. The van der Waals surface area contributed by atoms with Gasteiger partial charge in [-0.25, -0.2) is 4.79 Å². The van der Waals surface area contributed by atoms with Gasteiger partial charge in [-0.15, -0.1) is 10.2 Å². The van der Waals surface area contributed by atoms with Gasteiger partial charge in [0.15, 0.2) is 0 Å². The van der Waals surface area contributed by atoms with Crippen molar-refractivity contribution in [3.63, 3.8) is 0 Å². The summed E-state index contributed by atoms with van der Waals surface area (Å²) in [6.45, 7) is 4.13. The molecular formula is C21H21N3O4S. The molecule has 8 heteroatoms. The third kappa shape index (κ3) is 5.45. The lowest BCUT2D eigenvalue weighted by molar-refractivity contribution is -0.113. The minimum Gasteiger partial charge on any atom is -0.465 e. The van der Waals surface area contributed by atoms with Gasteiger partial charge in [-0.05, 0) is 42.7 Å². The first-order valence-electron chi connectivity index (χ1n) is 8.94. The molecule has 29 heavy (non-hydrogen) atoms. The SMILES string of the molecule is COC(=O)c1ccccc1NC(=O)CSc1nnc(Cc2ccc(C)c(C)c2)o1. The van der Waals surface area contributed by atoms with E-state index in [1.165, 1.54) is 18.2 Å². The van der Waals surface area contributed by atoms with Crippen molar-refractivity contribution >= 4 is 29.3 Å². The molecule has 0 radical (unpaired) electrons. The van der Waals surface area contributed by atoms with Gasteiger partial charge in [-0.2, -0.15) is 0 Å². The molecular weight excluding hydrogens is 390 g/mol. The average molecular weight is 411 g/mol. The van der Waals surface area contributed by atoms with Gasteiger partial charge in [0.05, 0.1) is 30.5 Å². The number of thioether (sulfide) groups is 1. The highest BCUT2D eigenvalue weighted by Crippen LogP contribution is 2.20. The van der Waals surface area contributed by atoms with Crippen molar-refractivity contribution in [1.82, 2.24) is 10.2 Å². The number of rotatable bonds is 7. The second-order valence-corrected chi connectivity index (χ2v) is 7.36. The van der Waals surface area contributed by atoms with Gasteiger partial charge in [0, 0.05) is 0 Å². The van der Waals surface area contributed by atoms with Crippen LogP contribution in [0.1, 0.15) is 32.9 Å². The number of hydrogen-bond acceptors (Lipinski definition) is 7. The zero-order valence-electron chi connectivity index (χ0n) is 16.4. The van der Waals surface area contributed by atoms with Crippen molar-refractivity contribution in [2.45, 2.75) is 25.5 Å². The molecule has 1 amide bonds. The summed E-state index contributed by atoms with van der Waals surface area (Å²) in [7, 11) is 1.29. The summed E-state index contributed by atoms with van der Waals surface area (Å²) in [4.78, 5) is 24.0. The predicted octanol–water partition coefficient (Wildman–Crippen LogP) is 3.79. The number of hydrogen-bond donors (Lipinski definition) is 1. The Morgan fingerprint density at radius 3 is 2.66 bits per heavy atom. The number of ether oxygens (including phenoxy) is 1. The molecule has 2 aromatic carbocycles. The van der Waals surface area contributed by atoms with Crippen LogP contribution in [0.15, 0.2) is 52.1 Å². The monoisotopic (exact) mass is 411 g/mol. The zero-order valence-corrected chi connectivity index (χ0v) is 17.2. The lowest BCUT2D eigenvalue weighted by atomic mass is 10.0. The molecule has 0 saturated carbocycles. The second kappa shape index (κ2) is 9.38. The van der Waals surface area contributed by atoms with Gasteiger partial charge >= 0.3 is 5.97 Å². The summed E-state index contributed by atoms with van der Waals surface area (Å²) in [5, 5.41) is 11.0. The van der Waals surface area contributed by atoms with E-state index in [-0.39, 0.29) is 11.7 Å². The Morgan fingerprint density at radius 1 is 1.10 bits per heavy atom. The number of amides is 1. The Balaban J connectivity index is 1.56. The van der Waals surface area contributed by atoms with Crippen LogP contribution in [0.2, 0.25) is 0 Å². The number of nitrogens with zero attached hydrogens (tertiary/aromatic N) is 2. The number of benzene rings is 2. The van der Waals surface area contributed by atoms with Crippen LogP contribution in [0, 0.1) is 13.8 Å². The van der Waals surface area contributed by atoms with Crippen LogP contribution in [0.5, 0.6) is 0 Å². The first-order chi connectivity index (χ1) is 14.0. The highest BCUT2D eigenvalue weighted by atomic mass is 32.2. The van der Waals surface area contributed by atoms with Crippen LogP contribution in [0.25, 0.3) is 0 Å². The fraction of sp³-hybridized carbons (Fsp3) is 0.238. The van der Waals surface area contributed by atoms with Crippen molar-refractivity contribution < 1.29 is 18.7 Å². The van der Waals surface area contributed by atoms with Gasteiger partial charge < -0.3 is 14.5 Å². The molecule has 0 spiro atoms. The molecule has 0 aliphatic heterocycles. The van der Waals surface area contributed by atoms with E-state index in [2.05, 4.69) is 41.5 Å². The number of carbonyl (C=O) groups is 2. The fourth-order valence-electron chi connectivity index (χ4n) is 2.65. The van der Waals surface area contributed by atoms with Crippen molar-refractivity contribution in [3.8, 4) is 0 Å². The molecule has 1 aromatic heterocycles. The molecule has 0 fully saturated rings. The quantitative estimate of drug-likeness (QED) is 0.467. The Labute approximate surface area is 172 Å². The minimum atomic E-state index is -0.513. The van der Waals surface area contributed by atoms with Crippen molar-refractivity contribution in [1.29, 1.82) is 0 Å². The van der Waals surface area contributed by atoms with Crippen LogP contribution in [0.4, 0.5) is 5.69 Å². The van der Waals surface area contributed by atoms with Crippen LogP contribution in [-0.2, 0) is 16.0 Å². The molecule has 0 unspecified atom stereocenters. The van der Waals surface area contributed by atoms with Crippen LogP contribution in [0.3, 0.4) is 0 Å². The van der Waals surface area contributed by atoms with Crippen molar-refractivity contribution in [2.24, 2.45) is 0 Å². The number of methoxy groups -OCH3 is 1. The van der Waals surface area contributed by atoms with Gasteiger partial charge in [0.2, 0.25) is 11.8 Å². The number of carbonyl (C=O) groups excluding carboxylic acids is 2. The number of esters is 1. The molecule has 150 valence electrons. The Kier molecular flexibility index (Phi) is 6.66. The van der Waals surface area contributed by atoms with Crippen molar-refractivity contribution in [3.05, 3.63) is 70.6 Å². The zero-order chi connectivity index (χ0) is 20.8. The molecule has 0 aliphatic carbocycles. The Hall–Kier alpha value is -3.13. The summed E-state index contributed by atoms with van der Waals surface area (Å²) in [5.74, 6) is -0.241. The van der Waals surface area contributed by atoms with Gasteiger partial charge in [-0.1, -0.05) is 42.1 Å². The van der Waals surface area contributed by atoms with Crippen molar-refractivity contribution in [2.75, 3.05) is 18.2 Å². The number of aryl methyl sites for hydroxylation is 2. The summed E-state index contributed by atoms with van der Waals surface area (Å²) >= 11 is 1.14. The van der Waals surface area contributed by atoms with E-state index in [9.17, 15) is 9.59 Å². The molecule has 3 rings (SSSR count). The Bertz CT molecular complexity index is 1030. The summed E-state index contributed by atoms with van der Waals surface area (Å²) in [5.41, 5.74) is 4.22. The minimum absolute atomic E-state index is 0.0702. The van der Waals surface area contributed by atoms with Crippen LogP contribution >= 0.6 is 11.8 Å². The van der Waals surface area contributed by atoms with Gasteiger partial charge in [-0.3, -0.25) is 4.79 Å². The lowest BCUT2D eigenvalue weighted by Gasteiger charge is -2.08. The summed E-state index contributed by atoms with van der Waals surface area (Å²) in [6.07, 6.45) is 0.535. The Morgan fingerprint density at radius 2 is 1.90 bits per heavy atom. The summed E-state index contributed by atoms with van der Waals surface area (Å²) in [6, 6.07) is 12.9. The number of aromatic nitrogens is 2. The largest absolute Gasteiger partial charge is 0.465 e. The highest BCUT2D eigenvalue weighted by molar-refractivity contribution is 7.99. The summed E-state index contributed by atoms with van der Waals surface area (Å²) < 4.78 is 10.3. The second-order valence-electron chi connectivity index (χ2n) is 6.43. The first kappa shape index (κ1) is 20.6. The fourth-order valence-corrected chi connectivity index (χ4v) is 3.23. The molecule has 1 N–H and O–H groups in total. The third-order valence-electron chi connectivity index (χ3n) is 4.31. The predicted molar refractivity (Wildman–Crippen MR) is 110 cm³/mol. The van der Waals surface area contributed by atoms with Gasteiger partial charge in [0.1, 0.15) is 0 Å². The third-order valence-corrected chi connectivity index (χ3v) is 5.13. The van der Waals surface area contributed by atoms with E-state index in [1.807, 2.05) is 6.07 Å². The van der Waals surface area contributed by atoms with E-state index >= 15 is 0 Å². The highest BCUT2D eigenvalue weighted by Gasteiger charge is 2.15. The molecule has 3 aromatic rings. The van der Waals surface area contributed by atoms with E-state index in [0.717, 1.165) is 17.3 Å². The maximum absolute atomic E-state index is 12.2. The molecule has 0 atom stereocenters. The lowest BCUT2D eigenvalue weighted by Crippen LogP contribution is -2.17. The smallest absolute Gasteiger partial charge is 0.339 e. The molecule has 0 saturated heterocycles. The van der Waals surface area contributed by atoms with E-state index in [0.29, 0.717) is 28.8 Å². The maximum Gasteiger partial charge on any atom is 0.339 e. The van der Waals surface area contributed by atoms with Crippen LogP contribution < -0.4 is 5.32 Å². The number of para-hydroxylation sites is 1. The molecule has 0 aliphatic rings. The molecule has 7 nitrogen and oxygen atoms in total. The van der Waals surface area contributed by atoms with Crippen LogP contribution in [-0.4, -0.2) is 34.9 Å². The molecule has 1 heterocycles. The number of anilines is 1. The molecule has 0 bridgehead atoms. The van der Waals surface area contributed by atoms with Gasteiger partial charge in [0.25, 0.3) is 5.22 Å². The maximum atomic E-state index is 12.2.